The molecule has 2 aromatic carbocycles. The predicted molar refractivity (Wildman–Crippen MR) is 110 cm³/mol. The van der Waals surface area contributed by atoms with Crippen LogP contribution in [0.2, 0.25) is 0 Å². The molecule has 0 amide bonds. The first-order chi connectivity index (χ1) is 13.1. The molecule has 0 bridgehead atoms. The summed E-state index contributed by atoms with van der Waals surface area (Å²) in [5.74, 6) is 0.825. The minimum Gasteiger partial charge on any atom is -0.491 e. The molecule has 1 N–H and O–H groups in total. The van der Waals surface area contributed by atoms with Gasteiger partial charge in [0.25, 0.3) is 5.69 Å². The van der Waals surface area contributed by atoms with E-state index in [9.17, 15) is 18.5 Å². The molecule has 0 heterocycles. The normalized spacial score (nSPS) is 12.6. The molecule has 152 valence electrons. The molecule has 0 aliphatic heterocycles. The minimum atomic E-state index is -3.50. The third-order valence-corrected chi connectivity index (χ3v) is 5.27. The molecule has 1 atom stereocenters. The number of nitrogens with zero attached hydrogens (tertiary/aromatic N) is 1. The number of aryl methyl sites for hydroxylation is 1. The van der Waals surface area contributed by atoms with E-state index in [1.807, 2.05) is 45.0 Å². The maximum Gasteiger partial charge on any atom is 0.293 e. The molecule has 0 aliphatic rings. The summed E-state index contributed by atoms with van der Waals surface area (Å²) in [6, 6.07) is 11.8. The third kappa shape index (κ3) is 6.23. The summed E-state index contributed by atoms with van der Waals surface area (Å²) in [6.45, 7) is 5.89. The van der Waals surface area contributed by atoms with Crippen LogP contribution < -0.4 is 10.1 Å². The SMILES string of the molecule is CC(CCc1ccc(OC(C)C)cc1)Nc1ccc(S(C)(=O)=O)cc1[N+](=O)[O-]. The summed E-state index contributed by atoms with van der Waals surface area (Å²) in [6.07, 6.45) is 2.71. The fraction of sp³-hybridized carbons (Fsp3) is 0.400. The second-order valence-electron chi connectivity index (χ2n) is 7.10. The maximum atomic E-state index is 11.6. The Morgan fingerprint density at radius 1 is 1.11 bits per heavy atom. The van der Waals surface area contributed by atoms with Gasteiger partial charge in [-0.15, -0.1) is 0 Å². The highest BCUT2D eigenvalue weighted by atomic mass is 32.2. The molecule has 28 heavy (non-hydrogen) atoms. The van der Waals surface area contributed by atoms with E-state index in [1.165, 1.54) is 12.1 Å². The average Bonchev–Trinajstić information content (AvgIpc) is 2.60. The lowest BCUT2D eigenvalue weighted by Crippen LogP contribution is -2.17. The Labute approximate surface area is 165 Å². The second kappa shape index (κ2) is 9.05. The molecular formula is C20H26N2O5S. The van der Waals surface area contributed by atoms with Crippen molar-refractivity contribution in [2.75, 3.05) is 11.6 Å². The number of benzene rings is 2. The standard InChI is InChI=1S/C20H26N2O5S/c1-14(2)27-17-9-7-16(8-10-17)6-5-15(3)21-19-12-11-18(28(4,25)26)13-20(19)22(23)24/h7-15,21H,5-6H2,1-4H3. The van der Waals surface area contributed by atoms with E-state index in [0.29, 0.717) is 5.69 Å². The Morgan fingerprint density at radius 2 is 1.75 bits per heavy atom. The summed E-state index contributed by atoms with van der Waals surface area (Å²) in [7, 11) is -3.50. The van der Waals surface area contributed by atoms with Crippen molar-refractivity contribution in [2.24, 2.45) is 0 Å². The molecule has 2 rings (SSSR count). The largest absolute Gasteiger partial charge is 0.491 e. The molecule has 2 aromatic rings. The van der Waals surface area contributed by atoms with Crippen LogP contribution in [0.15, 0.2) is 47.4 Å². The first-order valence-corrected chi connectivity index (χ1v) is 11.0. The average molecular weight is 407 g/mol. The maximum absolute atomic E-state index is 11.6. The fourth-order valence-corrected chi connectivity index (χ4v) is 3.38. The van der Waals surface area contributed by atoms with Gasteiger partial charge in [0, 0.05) is 18.4 Å². The monoisotopic (exact) mass is 406 g/mol. The van der Waals surface area contributed by atoms with Gasteiger partial charge in [-0.1, -0.05) is 12.1 Å². The highest BCUT2D eigenvalue weighted by Gasteiger charge is 2.19. The molecule has 0 radical (unpaired) electrons. The third-order valence-electron chi connectivity index (χ3n) is 4.16. The van der Waals surface area contributed by atoms with Gasteiger partial charge in [0.05, 0.1) is 15.9 Å². The quantitative estimate of drug-likeness (QED) is 0.494. The number of nitrogens with one attached hydrogen (secondary N) is 1. The molecule has 0 aliphatic carbocycles. The molecule has 0 saturated heterocycles. The zero-order valence-electron chi connectivity index (χ0n) is 16.5. The number of hydrogen-bond acceptors (Lipinski definition) is 6. The van der Waals surface area contributed by atoms with Crippen LogP contribution in [-0.2, 0) is 16.3 Å². The molecule has 8 heteroatoms. The lowest BCUT2D eigenvalue weighted by atomic mass is 10.1. The van der Waals surface area contributed by atoms with Gasteiger partial charge in [-0.3, -0.25) is 10.1 Å². The number of anilines is 1. The first kappa shape index (κ1) is 21.7. The zero-order valence-corrected chi connectivity index (χ0v) is 17.3. The van der Waals surface area contributed by atoms with Gasteiger partial charge in [-0.25, -0.2) is 8.42 Å². The topological polar surface area (TPSA) is 98.5 Å². The van der Waals surface area contributed by atoms with Crippen LogP contribution in [0.3, 0.4) is 0 Å². The molecule has 0 aromatic heterocycles. The van der Waals surface area contributed by atoms with Crippen LogP contribution in [0.25, 0.3) is 0 Å². The van der Waals surface area contributed by atoms with Crippen LogP contribution in [0.1, 0.15) is 32.8 Å². The van der Waals surface area contributed by atoms with Crippen molar-refractivity contribution in [2.45, 2.75) is 50.7 Å². The van der Waals surface area contributed by atoms with E-state index in [2.05, 4.69) is 5.32 Å². The summed E-state index contributed by atoms with van der Waals surface area (Å²) >= 11 is 0. The van der Waals surface area contributed by atoms with Gasteiger partial charge in [0.15, 0.2) is 9.84 Å². The second-order valence-corrected chi connectivity index (χ2v) is 9.12. The Kier molecular flexibility index (Phi) is 7.01. The van der Waals surface area contributed by atoms with Gasteiger partial charge < -0.3 is 10.1 Å². The highest BCUT2D eigenvalue weighted by Crippen LogP contribution is 2.28. The summed E-state index contributed by atoms with van der Waals surface area (Å²) in [5, 5.41) is 14.4. The van der Waals surface area contributed by atoms with Crippen molar-refractivity contribution in [3.8, 4) is 5.75 Å². The number of ether oxygens (including phenoxy) is 1. The van der Waals surface area contributed by atoms with E-state index >= 15 is 0 Å². The van der Waals surface area contributed by atoms with E-state index < -0.39 is 14.8 Å². The summed E-state index contributed by atoms with van der Waals surface area (Å²) in [5.41, 5.74) is 1.21. The summed E-state index contributed by atoms with van der Waals surface area (Å²) in [4.78, 5) is 10.7. The zero-order chi connectivity index (χ0) is 20.9. The van der Waals surface area contributed by atoms with Crippen molar-refractivity contribution < 1.29 is 18.1 Å². The number of hydrogen-bond donors (Lipinski definition) is 1. The van der Waals surface area contributed by atoms with Crippen molar-refractivity contribution in [1.82, 2.24) is 0 Å². The number of rotatable bonds is 9. The van der Waals surface area contributed by atoms with Crippen molar-refractivity contribution >= 4 is 21.2 Å². The molecular weight excluding hydrogens is 380 g/mol. The van der Waals surface area contributed by atoms with Crippen LogP contribution >= 0.6 is 0 Å². The molecule has 1 unspecified atom stereocenters. The van der Waals surface area contributed by atoms with Crippen molar-refractivity contribution in [3.05, 3.63) is 58.1 Å². The van der Waals surface area contributed by atoms with Gasteiger partial charge in [0.1, 0.15) is 11.4 Å². The van der Waals surface area contributed by atoms with Gasteiger partial charge in [-0.05, 0) is 63.4 Å². The van der Waals surface area contributed by atoms with Crippen LogP contribution in [0.4, 0.5) is 11.4 Å². The Hall–Kier alpha value is -2.61. The molecule has 0 saturated carbocycles. The number of nitro benzene ring substituents is 1. The van der Waals surface area contributed by atoms with Crippen molar-refractivity contribution in [3.63, 3.8) is 0 Å². The highest BCUT2D eigenvalue weighted by molar-refractivity contribution is 7.90. The smallest absolute Gasteiger partial charge is 0.293 e. The molecule has 7 nitrogen and oxygen atoms in total. The van der Waals surface area contributed by atoms with Gasteiger partial charge in [0.2, 0.25) is 0 Å². The Morgan fingerprint density at radius 3 is 2.29 bits per heavy atom. The first-order valence-electron chi connectivity index (χ1n) is 9.07. The summed E-state index contributed by atoms with van der Waals surface area (Å²) < 4.78 is 28.9. The Bertz CT molecular complexity index is 924. The van der Waals surface area contributed by atoms with Crippen LogP contribution in [0, 0.1) is 10.1 Å². The number of sulfone groups is 1. The number of nitro groups is 1. The predicted octanol–water partition coefficient (Wildman–Crippen LogP) is 4.22. The lowest BCUT2D eigenvalue weighted by Gasteiger charge is -2.16. The van der Waals surface area contributed by atoms with E-state index in [-0.39, 0.29) is 22.7 Å². The van der Waals surface area contributed by atoms with Crippen LogP contribution in [-0.4, -0.2) is 31.7 Å². The molecule has 0 spiro atoms. The van der Waals surface area contributed by atoms with Crippen molar-refractivity contribution in [1.29, 1.82) is 0 Å². The Balaban J connectivity index is 2.02. The van der Waals surface area contributed by atoms with Gasteiger partial charge in [-0.2, -0.15) is 0 Å². The lowest BCUT2D eigenvalue weighted by molar-refractivity contribution is -0.384. The fourth-order valence-electron chi connectivity index (χ4n) is 2.74. The van der Waals surface area contributed by atoms with E-state index in [1.54, 1.807) is 0 Å². The minimum absolute atomic E-state index is 0.0330. The van der Waals surface area contributed by atoms with E-state index in [4.69, 9.17) is 4.74 Å². The van der Waals surface area contributed by atoms with E-state index in [0.717, 1.165) is 36.5 Å². The van der Waals surface area contributed by atoms with Gasteiger partial charge >= 0.3 is 0 Å². The van der Waals surface area contributed by atoms with Crippen LogP contribution in [0.5, 0.6) is 5.75 Å². The molecule has 0 fully saturated rings.